The second-order valence-corrected chi connectivity index (χ2v) is 4.56. The molecular weight excluding hydrogens is 206 g/mol. The molecule has 1 aromatic heterocycles. The summed E-state index contributed by atoms with van der Waals surface area (Å²) in [4.78, 5) is 0. The van der Waals surface area contributed by atoms with Gasteiger partial charge in [0, 0.05) is 24.0 Å². The molecule has 0 aliphatic rings. The zero-order chi connectivity index (χ0) is 13.0. The molecule has 0 atom stereocenters. The Morgan fingerprint density at radius 1 is 1.35 bits per heavy atom. The highest BCUT2D eigenvalue weighted by Crippen LogP contribution is 2.27. The molecule has 0 unspecified atom stereocenters. The first-order valence-electron chi connectivity index (χ1n) is 6.17. The molecule has 0 saturated carbocycles. The highest BCUT2D eigenvalue weighted by molar-refractivity contribution is 5.80. The predicted octanol–water partition coefficient (Wildman–Crippen LogP) is 4.51. The van der Waals surface area contributed by atoms with Crippen LogP contribution >= 0.6 is 0 Å². The van der Waals surface area contributed by atoms with E-state index in [1.165, 1.54) is 29.0 Å². The van der Waals surface area contributed by atoms with E-state index in [1.54, 1.807) is 0 Å². The summed E-state index contributed by atoms with van der Waals surface area (Å²) in [7, 11) is 2.12. The summed E-state index contributed by atoms with van der Waals surface area (Å²) in [6, 6.07) is 4.39. The van der Waals surface area contributed by atoms with E-state index in [1.807, 2.05) is 6.08 Å². The van der Waals surface area contributed by atoms with Gasteiger partial charge in [0.05, 0.1) is 0 Å². The lowest BCUT2D eigenvalue weighted by Gasteiger charge is -2.13. The molecule has 0 bridgehead atoms. The van der Waals surface area contributed by atoms with Gasteiger partial charge in [0.25, 0.3) is 0 Å². The number of aryl methyl sites for hydroxylation is 1. The molecule has 0 fully saturated rings. The zero-order valence-electron chi connectivity index (χ0n) is 11.5. The molecule has 0 aliphatic carbocycles. The molecule has 0 radical (unpaired) electrons. The van der Waals surface area contributed by atoms with Crippen molar-refractivity contribution in [2.24, 2.45) is 7.05 Å². The Labute approximate surface area is 105 Å². The molecule has 17 heavy (non-hydrogen) atoms. The summed E-state index contributed by atoms with van der Waals surface area (Å²) < 4.78 is 2.26. The predicted molar refractivity (Wildman–Crippen MR) is 77.0 cm³/mol. The van der Waals surface area contributed by atoms with Crippen molar-refractivity contribution < 1.29 is 0 Å². The van der Waals surface area contributed by atoms with Gasteiger partial charge in [-0.05, 0) is 43.5 Å². The van der Waals surface area contributed by atoms with Gasteiger partial charge in [-0.3, -0.25) is 0 Å². The monoisotopic (exact) mass is 229 g/mol. The van der Waals surface area contributed by atoms with Crippen LogP contribution < -0.4 is 0 Å². The SMILES string of the molecule is C=C/C(C)=C(\C(=C)C)c1ccc(CCC)n1C. The molecule has 1 heteroatoms. The van der Waals surface area contributed by atoms with Crippen LogP contribution in [0.15, 0.2) is 42.5 Å². The Kier molecular flexibility index (Phi) is 4.56. The quantitative estimate of drug-likeness (QED) is 0.654. The first-order chi connectivity index (χ1) is 8.02. The number of allylic oxidation sites excluding steroid dienone is 4. The molecule has 0 aromatic carbocycles. The first kappa shape index (κ1) is 13.6. The molecule has 0 N–H and O–H groups in total. The van der Waals surface area contributed by atoms with Crippen molar-refractivity contribution in [1.82, 2.24) is 4.57 Å². The summed E-state index contributed by atoms with van der Waals surface area (Å²) in [6.45, 7) is 14.3. The van der Waals surface area contributed by atoms with Crippen LogP contribution in [0.4, 0.5) is 0 Å². The van der Waals surface area contributed by atoms with Gasteiger partial charge in [0.2, 0.25) is 0 Å². The van der Waals surface area contributed by atoms with Gasteiger partial charge in [-0.2, -0.15) is 0 Å². The van der Waals surface area contributed by atoms with E-state index in [0.717, 1.165) is 12.0 Å². The lowest BCUT2D eigenvalue weighted by molar-refractivity contribution is 0.779. The van der Waals surface area contributed by atoms with E-state index in [9.17, 15) is 0 Å². The minimum atomic E-state index is 1.09. The topological polar surface area (TPSA) is 4.93 Å². The van der Waals surface area contributed by atoms with Crippen LogP contribution in [0.25, 0.3) is 5.57 Å². The fourth-order valence-corrected chi connectivity index (χ4v) is 2.17. The van der Waals surface area contributed by atoms with Crippen LogP contribution in [0.1, 0.15) is 38.6 Å². The maximum Gasteiger partial charge on any atom is 0.0485 e. The second kappa shape index (κ2) is 5.72. The molecule has 1 aromatic rings. The van der Waals surface area contributed by atoms with Crippen LogP contribution in [-0.4, -0.2) is 4.57 Å². The second-order valence-electron chi connectivity index (χ2n) is 4.56. The Hall–Kier alpha value is -1.50. The number of hydrogen-bond donors (Lipinski definition) is 0. The van der Waals surface area contributed by atoms with Gasteiger partial charge >= 0.3 is 0 Å². The maximum absolute atomic E-state index is 4.08. The Balaban J connectivity index is 3.31. The molecule has 1 rings (SSSR count). The van der Waals surface area contributed by atoms with Crippen molar-refractivity contribution in [3.8, 4) is 0 Å². The Morgan fingerprint density at radius 3 is 2.47 bits per heavy atom. The largest absolute Gasteiger partial charge is 0.348 e. The minimum Gasteiger partial charge on any atom is -0.348 e. The Bertz CT molecular complexity index is 458. The van der Waals surface area contributed by atoms with Crippen molar-refractivity contribution >= 4 is 5.57 Å². The maximum atomic E-state index is 4.08. The average molecular weight is 229 g/mol. The summed E-state index contributed by atoms with van der Waals surface area (Å²) in [5.74, 6) is 0. The number of rotatable bonds is 5. The van der Waals surface area contributed by atoms with E-state index < -0.39 is 0 Å². The number of aromatic nitrogens is 1. The summed E-state index contributed by atoms with van der Waals surface area (Å²) in [5, 5.41) is 0. The van der Waals surface area contributed by atoms with Crippen molar-refractivity contribution in [2.75, 3.05) is 0 Å². The highest BCUT2D eigenvalue weighted by atomic mass is 15.0. The summed E-state index contributed by atoms with van der Waals surface area (Å²) in [5.41, 5.74) is 6.09. The molecule has 0 aliphatic heterocycles. The third-order valence-corrected chi connectivity index (χ3v) is 3.12. The minimum absolute atomic E-state index is 1.09. The molecule has 1 heterocycles. The van der Waals surface area contributed by atoms with E-state index >= 15 is 0 Å². The molecule has 1 nitrogen and oxygen atoms in total. The van der Waals surface area contributed by atoms with Crippen LogP contribution in [0.3, 0.4) is 0 Å². The lowest BCUT2D eigenvalue weighted by atomic mass is 10.00. The van der Waals surface area contributed by atoms with Crippen molar-refractivity contribution in [3.63, 3.8) is 0 Å². The van der Waals surface area contributed by atoms with Gasteiger partial charge in [0.15, 0.2) is 0 Å². The van der Waals surface area contributed by atoms with Crippen LogP contribution in [-0.2, 0) is 13.5 Å². The van der Waals surface area contributed by atoms with Gasteiger partial charge < -0.3 is 4.57 Å². The first-order valence-corrected chi connectivity index (χ1v) is 6.17. The number of nitrogens with zero attached hydrogens (tertiary/aromatic N) is 1. The van der Waals surface area contributed by atoms with E-state index in [0.29, 0.717) is 0 Å². The smallest absolute Gasteiger partial charge is 0.0485 e. The molecule has 0 saturated heterocycles. The summed E-state index contributed by atoms with van der Waals surface area (Å²) >= 11 is 0. The molecular formula is C16H23N. The van der Waals surface area contributed by atoms with E-state index in [-0.39, 0.29) is 0 Å². The Morgan fingerprint density at radius 2 is 2.00 bits per heavy atom. The van der Waals surface area contributed by atoms with E-state index in [2.05, 4.69) is 57.7 Å². The molecule has 92 valence electrons. The third-order valence-electron chi connectivity index (χ3n) is 3.12. The zero-order valence-corrected chi connectivity index (χ0v) is 11.5. The third kappa shape index (κ3) is 2.79. The van der Waals surface area contributed by atoms with Crippen LogP contribution in [0.5, 0.6) is 0 Å². The van der Waals surface area contributed by atoms with Gasteiger partial charge in [-0.15, -0.1) is 0 Å². The summed E-state index contributed by atoms with van der Waals surface area (Å²) in [6.07, 6.45) is 4.19. The van der Waals surface area contributed by atoms with E-state index in [4.69, 9.17) is 0 Å². The van der Waals surface area contributed by atoms with Crippen molar-refractivity contribution in [1.29, 1.82) is 0 Å². The average Bonchev–Trinajstić information content (AvgIpc) is 2.62. The van der Waals surface area contributed by atoms with Crippen LogP contribution in [0, 0.1) is 0 Å². The standard InChI is InChI=1S/C16H23N/c1-7-9-14-10-11-15(17(14)6)16(12(3)4)13(5)8-2/h8,10-11H,2-3,7,9H2,1,4-6H3/b16-13+. The molecule has 0 spiro atoms. The number of hydrogen-bond acceptors (Lipinski definition) is 0. The molecule has 0 amide bonds. The fraction of sp³-hybridized carbons (Fsp3) is 0.375. The van der Waals surface area contributed by atoms with Gasteiger partial charge in [-0.1, -0.05) is 32.6 Å². The van der Waals surface area contributed by atoms with Gasteiger partial charge in [0.1, 0.15) is 0 Å². The van der Waals surface area contributed by atoms with Crippen molar-refractivity contribution in [3.05, 3.63) is 53.9 Å². The van der Waals surface area contributed by atoms with Crippen LogP contribution in [0.2, 0.25) is 0 Å². The normalized spacial score (nSPS) is 12.2. The van der Waals surface area contributed by atoms with Crippen molar-refractivity contribution in [2.45, 2.75) is 33.6 Å². The van der Waals surface area contributed by atoms with Gasteiger partial charge in [-0.25, -0.2) is 0 Å². The highest BCUT2D eigenvalue weighted by Gasteiger charge is 2.11. The fourth-order valence-electron chi connectivity index (χ4n) is 2.17. The lowest BCUT2D eigenvalue weighted by Crippen LogP contribution is -2.02.